The number of nitrogen functional groups attached to an aromatic ring is 1. The molecule has 1 aromatic heterocycles. The molecule has 0 aliphatic heterocycles. The Hall–Kier alpha value is -1.41. The van der Waals surface area contributed by atoms with Crippen LogP contribution in [0.25, 0.3) is 22.8 Å². The van der Waals surface area contributed by atoms with E-state index in [-0.39, 0.29) is 0 Å². The van der Waals surface area contributed by atoms with Gasteiger partial charge in [0, 0.05) is 19.3 Å². The summed E-state index contributed by atoms with van der Waals surface area (Å²) < 4.78 is 7.36. The zero-order valence-electron chi connectivity index (χ0n) is 11.1. The molecule has 4 nitrogen and oxygen atoms in total. The third kappa shape index (κ3) is 2.96. The van der Waals surface area contributed by atoms with Crippen LogP contribution in [-0.4, -0.2) is 10.1 Å². The van der Waals surface area contributed by atoms with E-state index in [4.69, 9.17) is 10.3 Å². The lowest BCUT2D eigenvalue weighted by Crippen LogP contribution is -1.91. The molecule has 0 amide bonds. The Bertz CT molecular complexity index is 816. The molecule has 0 spiro atoms. The minimum atomic E-state index is 0.425. The Kier molecular flexibility index (Phi) is 3.99. The first-order valence-corrected chi connectivity index (χ1v) is 8.07. The first kappa shape index (κ1) is 14.5. The predicted octanol–water partition coefficient (Wildman–Crippen LogP) is 4.66. The van der Waals surface area contributed by atoms with Gasteiger partial charge in [0.05, 0.1) is 5.56 Å². The number of aromatic nitrogens is 2. The van der Waals surface area contributed by atoms with Gasteiger partial charge in [-0.1, -0.05) is 27.2 Å². The molecule has 3 rings (SSSR count). The molecule has 0 radical (unpaired) electrons. The van der Waals surface area contributed by atoms with Crippen LogP contribution in [0.1, 0.15) is 5.56 Å². The van der Waals surface area contributed by atoms with Crippen molar-refractivity contribution in [3.8, 4) is 22.8 Å². The summed E-state index contributed by atoms with van der Waals surface area (Å²) in [5.41, 5.74) is 9.40. The van der Waals surface area contributed by atoms with E-state index >= 15 is 0 Å². The van der Waals surface area contributed by atoms with Crippen molar-refractivity contribution in [2.24, 2.45) is 0 Å². The molecule has 0 unspecified atom stereocenters. The molecule has 0 saturated carbocycles. The van der Waals surface area contributed by atoms with Crippen LogP contribution in [0.4, 0.5) is 5.69 Å². The normalized spacial score (nSPS) is 10.8. The summed E-state index contributed by atoms with van der Waals surface area (Å²) in [5, 5.41) is 4.05. The van der Waals surface area contributed by atoms with Gasteiger partial charge in [-0.3, -0.25) is 0 Å². The minimum absolute atomic E-state index is 0.425. The lowest BCUT2D eigenvalue weighted by molar-refractivity contribution is 0.432. The fourth-order valence-electron chi connectivity index (χ4n) is 1.96. The zero-order valence-corrected chi connectivity index (χ0v) is 14.8. The van der Waals surface area contributed by atoms with Crippen molar-refractivity contribution in [1.29, 1.82) is 0 Å². The molecule has 3 aromatic rings. The Morgan fingerprint density at radius 1 is 1.14 bits per heavy atom. The second kappa shape index (κ2) is 5.76. The van der Waals surface area contributed by atoms with E-state index in [1.54, 1.807) is 0 Å². The van der Waals surface area contributed by atoms with Crippen LogP contribution < -0.4 is 5.73 Å². The number of aryl methyl sites for hydroxylation is 1. The van der Waals surface area contributed by atoms with Gasteiger partial charge in [-0.15, -0.1) is 0 Å². The van der Waals surface area contributed by atoms with Crippen LogP contribution >= 0.6 is 38.5 Å². The Morgan fingerprint density at radius 2 is 1.95 bits per heavy atom. The number of anilines is 1. The van der Waals surface area contributed by atoms with E-state index in [2.05, 4.69) is 48.7 Å². The van der Waals surface area contributed by atoms with Crippen LogP contribution in [-0.2, 0) is 0 Å². The average Bonchev–Trinajstić information content (AvgIpc) is 2.91. The summed E-state index contributed by atoms with van der Waals surface area (Å²) in [6.07, 6.45) is 0. The van der Waals surface area contributed by atoms with Crippen LogP contribution in [0.5, 0.6) is 0 Å². The molecule has 21 heavy (non-hydrogen) atoms. The van der Waals surface area contributed by atoms with Crippen LogP contribution in [0.3, 0.4) is 0 Å². The number of benzene rings is 2. The van der Waals surface area contributed by atoms with E-state index in [1.165, 1.54) is 0 Å². The van der Waals surface area contributed by atoms with E-state index in [1.807, 2.05) is 43.3 Å². The largest absolute Gasteiger partial charge is 0.398 e. The van der Waals surface area contributed by atoms with Crippen LogP contribution in [0.15, 0.2) is 45.4 Å². The summed E-state index contributed by atoms with van der Waals surface area (Å²) >= 11 is 5.75. The van der Waals surface area contributed by atoms with E-state index < -0.39 is 0 Å². The molecule has 0 atom stereocenters. The molecule has 1 heterocycles. The predicted molar refractivity (Wildman–Crippen MR) is 94.7 cm³/mol. The van der Waals surface area contributed by atoms with Crippen LogP contribution in [0.2, 0.25) is 0 Å². The highest BCUT2D eigenvalue weighted by Crippen LogP contribution is 2.31. The average molecular weight is 456 g/mol. The fourth-order valence-corrected chi connectivity index (χ4v) is 3.12. The third-order valence-corrected chi connectivity index (χ3v) is 4.36. The van der Waals surface area contributed by atoms with Crippen LogP contribution in [0, 0.1) is 10.5 Å². The molecule has 0 bridgehead atoms. The summed E-state index contributed by atoms with van der Waals surface area (Å²) in [5.74, 6) is 0.962. The van der Waals surface area contributed by atoms with Gasteiger partial charge in [-0.05, 0) is 65.4 Å². The van der Waals surface area contributed by atoms with Gasteiger partial charge in [0.15, 0.2) is 0 Å². The Morgan fingerprint density at radius 3 is 2.71 bits per heavy atom. The Labute approximate surface area is 144 Å². The van der Waals surface area contributed by atoms with Gasteiger partial charge < -0.3 is 10.3 Å². The standard InChI is InChI=1S/C15H11BrIN3O/c1-8-2-4-10(12(16)6-8)14-19-15(21-20-14)11-7-9(17)3-5-13(11)18/h2-7H,18H2,1H3. The monoisotopic (exact) mass is 455 g/mol. The van der Waals surface area contributed by atoms with Gasteiger partial charge in [0.1, 0.15) is 0 Å². The SMILES string of the molecule is Cc1ccc(-c2noc(-c3cc(I)ccc3N)n2)c(Br)c1. The fraction of sp³-hybridized carbons (Fsp3) is 0.0667. The Balaban J connectivity index is 2.06. The molecule has 0 saturated heterocycles. The number of halogens is 2. The zero-order chi connectivity index (χ0) is 15.0. The lowest BCUT2D eigenvalue weighted by atomic mass is 10.1. The third-order valence-electron chi connectivity index (χ3n) is 3.04. The number of rotatable bonds is 2. The first-order chi connectivity index (χ1) is 10.0. The van der Waals surface area contributed by atoms with Gasteiger partial charge in [-0.25, -0.2) is 0 Å². The summed E-state index contributed by atoms with van der Waals surface area (Å²) in [7, 11) is 0. The van der Waals surface area contributed by atoms with Gasteiger partial charge >= 0.3 is 0 Å². The maximum Gasteiger partial charge on any atom is 0.260 e. The number of hydrogen-bond donors (Lipinski definition) is 1. The van der Waals surface area contributed by atoms with Gasteiger partial charge in [0.2, 0.25) is 5.82 Å². The highest BCUT2D eigenvalue weighted by atomic mass is 127. The quantitative estimate of drug-likeness (QED) is 0.450. The smallest absolute Gasteiger partial charge is 0.260 e. The maximum atomic E-state index is 5.98. The molecular weight excluding hydrogens is 445 g/mol. The van der Waals surface area contributed by atoms with Crippen molar-refractivity contribution in [3.63, 3.8) is 0 Å². The van der Waals surface area contributed by atoms with Crippen molar-refractivity contribution < 1.29 is 4.52 Å². The van der Waals surface area contributed by atoms with E-state index in [9.17, 15) is 0 Å². The van der Waals surface area contributed by atoms with Gasteiger partial charge in [-0.2, -0.15) is 4.98 Å². The second-order valence-corrected chi connectivity index (χ2v) is 6.74. The first-order valence-electron chi connectivity index (χ1n) is 6.20. The molecule has 2 aromatic carbocycles. The van der Waals surface area contributed by atoms with Crippen molar-refractivity contribution in [1.82, 2.24) is 10.1 Å². The molecule has 0 fully saturated rings. The van der Waals surface area contributed by atoms with Crippen molar-refractivity contribution in [2.45, 2.75) is 6.92 Å². The highest BCUT2D eigenvalue weighted by molar-refractivity contribution is 14.1. The topological polar surface area (TPSA) is 64.9 Å². The maximum absolute atomic E-state index is 5.98. The number of nitrogens with zero attached hydrogens (tertiary/aromatic N) is 2. The van der Waals surface area contributed by atoms with E-state index in [0.29, 0.717) is 17.4 Å². The summed E-state index contributed by atoms with van der Waals surface area (Å²) in [4.78, 5) is 4.45. The van der Waals surface area contributed by atoms with Gasteiger partial charge in [0.25, 0.3) is 5.89 Å². The molecule has 0 aliphatic carbocycles. The van der Waals surface area contributed by atoms with E-state index in [0.717, 1.165) is 24.7 Å². The number of hydrogen-bond acceptors (Lipinski definition) is 4. The van der Waals surface area contributed by atoms with Crippen molar-refractivity contribution >= 4 is 44.2 Å². The molecule has 6 heteroatoms. The summed E-state index contributed by atoms with van der Waals surface area (Å²) in [6.45, 7) is 2.03. The molecule has 2 N–H and O–H groups in total. The lowest BCUT2D eigenvalue weighted by Gasteiger charge is -2.01. The van der Waals surface area contributed by atoms with Crippen molar-refractivity contribution in [3.05, 3.63) is 50.0 Å². The molecule has 106 valence electrons. The molecular formula is C15H11BrIN3O. The number of nitrogens with two attached hydrogens (primary N) is 1. The molecule has 0 aliphatic rings. The van der Waals surface area contributed by atoms with Crippen molar-refractivity contribution in [2.75, 3.05) is 5.73 Å². The second-order valence-electron chi connectivity index (χ2n) is 4.64. The summed E-state index contributed by atoms with van der Waals surface area (Å²) in [6, 6.07) is 11.7. The minimum Gasteiger partial charge on any atom is -0.398 e. The highest BCUT2D eigenvalue weighted by Gasteiger charge is 2.15.